The number of aromatic nitrogens is 2. The fourth-order valence-corrected chi connectivity index (χ4v) is 2.28. The summed E-state index contributed by atoms with van der Waals surface area (Å²) in [7, 11) is 2.85. The second-order valence-electron chi connectivity index (χ2n) is 5.50. The molecule has 1 aromatic heterocycles. The van der Waals surface area contributed by atoms with E-state index in [1.165, 1.54) is 25.2 Å². The Hall–Kier alpha value is -1.57. The van der Waals surface area contributed by atoms with Gasteiger partial charge < -0.3 is 10.6 Å². The van der Waals surface area contributed by atoms with E-state index in [1.54, 1.807) is 6.92 Å². The van der Waals surface area contributed by atoms with Gasteiger partial charge >= 0.3 is 6.18 Å². The van der Waals surface area contributed by atoms with E-state index >= 15 is 0 Å². The zero-order valence-corrected chi connectivity index (χ0v) is 12.7. The molecule has 0 aliphatic carbocycles. The molecule has 0 radical (unpaired) electrons. The first-order valence-corrected chi connectivity index (χ1v) is 6.63. The molecule has 0 spiro atoms. The van der Waals surface area contributed by atoms with Crippen molar-refractivity contribution in [1.82, 2.24) is 14.7 Å². The third kappa shape index (κ3) is 4.20. The molecule has 0 aliphatic rings. The van der Waals surface area contributed by atoms with Gasteiger partial charge in [-0.15, -0.1) is 0 Å². The van der Waals surface area contributed by atoms with Gasteiger partial charge in [0.2, 0.25) is 5.91 Å². The van der Waals surface area contributed by atoms with Crippen LogP contribution in [0, 0.1) is 0 Å². The summed E-state index contributed by atoms with van der Waals surface area (Å²) in [5.41, 5.74) is 3.82. The Labute approximate surface area is 121 Å². The van der Waals surface area contributed by atoms with Gasteiger partial charge in [-0.3, -0.25) is 9.48 Å². The number of alkyl halides is 3. The Morgan fingerprint density at radius 3 is 2.52 bits per heavy atom. The van der Waals surface area contributed by atoms with Crippen LogP contribution in [0.2, 0.25) is 0 Å². The van der Waals surface area contributed by atoms with Gasteiger partial charge in [0.1, 0.15) is 0 Å². The quantitative estimate of drug-likeness (QED) is 0.904. The number of amides is 1. The summed E-state index contributed by atoms with van der Waals surface area (Å²) in [4.78, 5) is 13.4. The van der Waals surface area contributed by atoms with Crippen LogP contribution in [-0.2, 0) is 24.6 Å². The second kappa shape index (κ2) is 6.05. The molecule has 0 aliphatic heterocycles. The first-order chi connectivity index (χ1) is 9.49. The number of carbonyl (C=O) groups is 1. The smallest absolute Gasteiger partial charge is 0.340 e. The van der Waals surface area contributed by atoms with Crippen LogP contribution in [0.15, 0.2) is 6.20 Å². The van der Waals surface area contributed by atoms with Crippen molar-refractivity contribution in [2.45, 2.75) is 44.9 Å². The molecule has 0 aromatic carbocycles. The molecule has 0 bridgehead atoms. The van der Waals surface area contributed by atoms with Crippen LogP contribution in [0.1, 0.15) is 37.9 Å². The van der Waals surface area contributed by atoms with Crippen molar-refractivity contribution in [3.8, 4) is 0 Å². The van der Waals surface area contributed by atoms with E-state index in [2.05, 4.69) is 5.10 Å². The molecule has 5 nitrogen and oxygen atoms in total. The summed E-state index contributed by atoms with van der Waals surface area (Å²) >= 11 is 0. The fraction of sp³-hybridized carbons (Fsp3) is 0.692. The first-order valence-electron chi connectivity index (χ1n) is 6.63. The van der Waals surface area contributed by atoms with Crippen LogP contribution in [0.3, 0.4) is 0 Å². The molecule has 1 heterocycles. The molecule has 0 fully saturated rings. The van der Waals surface area contributed by atoms with E-state index in [0.717, 1.165) is 4.68 Å². The van der Waals surface area contributed by atoms with Gasteiger partial charge in [-0.2, -0.15) is 18.3 Å². The first kappa shape index (κ1) is 17.5. The van der Waals surface area contributed by atoms with Crippen LogP contribution in [-0.4, -0.2) is 33.2 Å². The van der Waals surface area contributed by atoms with Gasteiger partial charge in [0.25, 0.3) is 0 Å². The Bertz CT molecular complexity index is 508. The lowest BCUT2D eigenvalue weighted by Crippen LogP contribution is -2.51. The molecule has 2 N–H and O–H groups in total. The maximum atomic E-state index is 12.9. The van der Waals surface area contributed by atoms with Crippen LogP contribution < -0.4 is 5.73 Å². The molecule has 1 amide bonds. The molecule has 0 saturated heterocycles. The highest BCUT2D eigenvalue weighted by atomic mass is 19.4. The molecule has 0 saturated carbocycles. The highest BCUT2D eigenvalue weighted by Gasteiger charge is 2.38. The molecule has 21 heavy (non-hydrogen) atoms. The summed E-state index contributed by atoms with van der Waals surface area (Å²) in [6.07, 6.45) is -2.10. The Kier molecular flexibility index (Phi) is 5.03. The number of hydrogen-bond acceptors (Lipinski definition) is 3. The van der Waals surface area contributed by atoms with Gasteiger partial charge in [0, 0.05) is 32.4 Å². The number of likely N-dealkylation sites (N-methyl/N-ethyl adjacent to an activating group) is 1. The van der Waals surface area contributed by atoms with Gasteiger partial charge in [-0.1, -0.05) is 13.3 Å². The van der Waals surface area contributed by atoms with Crippen LogP contribution in [0.4, 0.5) is 13.2 Å². The lowest BCUT2D eigenvalue weighted by Gasteiger charge is -2.29. The average molecular weight is 306 g/mol. The van der Waals surface area contributed by atoms with Gasteiger partial charge in [0.15, 0.2) is 5.69 Å². The lowest BCUT2D eigenvalue weighted by molar-refractivity contribution is -0.143. The minimum Gasteiger partial charge on any atom is -0.340 e. The van der Waals surface area contributed by atoms with E-state index in [9.17, 15) is 18.0 Å². The predicted molar refractivity (Wildman–Crippen MR) is 72.2 cm³/mol. The van der Waals surface area contributed by atoms with E-state index in [1.807, 2.05) is 6.92 Å². The van der Waals surface area contributed by atoms with Crippen LogP contribution >= 0.6 is 0 Å². The van der Waals surface area contributed by atoms with Gasteiger partial charge in [-0.05, 0) is 13.3 Å². The van der Waals surface area contributed by atoms with Crippen LogP contribution in [0.5, 0.6) is 0 Å². The van der Waals surface area contributed by atoms with Crippen molar-refractivity contribution in [2.75, 3.05) is 7.05 Å². The summed E-state index contributed by atoms with van der Waals surface area (Å²) in [6.45, 7) is 3.29. The number of nitrogens with zero attached hydrogens (tertiary/aromatic N) is 3. The number of nitrogens with two attached hydrogens (primary N) is 1. The van der Waals surface area contributed by atoms with Crippen molar-refractivity contribution >= 4 is 5.91 Å². The molecule has 1 unspecified atom stereocenters. The number of halogens is 3. The topological polar surface area (TPSA) is 64.2 Å². The SMILES string of the molecule is CCCC(C)(N)C(=O)N(C)Cc1cn(C)nc1C(F)(F)F. The van der Waals surface area contributed by atoms with Crippen molar-refractivity contribution in [1.29, 1.82) is 0 Å². The monoisotopic (exact) mass is 306 g/mol. The normalized spacial score (nSPS) is 14.9. The Morgan fingerprint density at radius 2 is 2.05 bits per heavy atom. The molecule has 1 atom stereocenters. The van der Waals surface area contributed by atoms with Gasteiger partial charge in [0.05, 0.1) is 5.54 Å². The van der Waals surface area contributed by atoms with E-state index in [0.29, 0.717) is 12.8 Å². The second-order valence-corrected chi connectivity index (χ2v) is 5.50. The number of aryl methyl sites for hydroxylation is 1. The van der Waals surface area contributed by atoms with Crippen molar-refractivity contribution in [3.05, 3.63) is 17.5 Å². The zero-order valence-electron chi connectivity index (χ0n) is 12.7. The van der Waals surface area contributed by atoms with E-state index in [-0.39, 0.29) is 18.0 Å². The standard InChI is InChI=1S/C13H21F3N4O/c1-5-6-12(2,17)11(21)19(3)7-9-8-20(4)18-10(9)13(14,15)16/h8H,5-7,17H2,1-4H3. The van der Waals surface area contributed by atoms with Crippen molar-refractivity contribution in [2.24, 2.45) is 12.8 Å². The van der Waals surface area contributed by atoms with Crippen LogP contribution in [0.25, 0.3) is 0 Å². The Morgan fingerprint density at radius 1 is 1.48 bits per heavy atom. The lowest BCUT2D eigenvalue weighted by atomic mass is 9.96. The minimum absolute atomic E-state index is 0.0480. The molecular formula is C13H21F3N4O. The fourth-order valence-electron chi connectivity index (χ4n) is 2.28. The molecule has 1 rings (SSSR count). The highest BCUT2D eigenvalue weighted by Crippen LogP contribution is 2.31. The summed E-state index contributed by atoms with van der Waals surface area (Å²) in [5, 5.41) is 3.42. The molecule has 120 valence electrons. The predicted octanol–water partition coefficient (Wildman–Crippen LogP) is 1.91. The Balaban J connectivity index is 2.94. The minimum atomic E-state index is -4.55. The maximum absolute atomic E-state index is 12.9. The van der Waals surface area contributed by atoms with Crippen molar-refractivity contribution < 1.29 is 18.0 Å². The summed E-state index contributed by atoms with van der Waals surface area (Å²) in [6, 6.07) is 0. The number of hydrogen-bond donors (Lipinski definition) is 1. The highest BCUT2D eigenvalue weighted by molar-refractivity contribution is 5.85. The maximum Gasteiger partial charge on any atom is 0.435 e. The van der Waals surface area contributed by atoms with E-state index in [4.69, 9.17) is 5.73 Å². The average Bonchev–Trinajstić information content (AvgIpc) is 2.68. The van der Waals surface area contributed by atoms with Crippen molar-refractivity contribution in [3.63, 3.8) is 0 Å². The molecule has 8 heteroatoms. The largest absolute Gasteiger partial charge is 0.435 e. The third-order valence-corrected chi connectivity index (χ3v) is 3.19. The summed E-state index contributed by atoms with van der Waals surface area (Å²) < 4.78 is 39.7. The zero-order chi connectivity index (χ0) is 16.4. The molecular weight excluding hydrogens is 285 g/mol. The molecule has 1 aromatic rings. The van der Waals surface area contributed by atoms with E-state index < -0.39 is 17.4 Å². The number of rotatable bonds is 5. The third-order valence-electron chi connectivity index (χ3n) is 3.19. The number of carbonyl (C=O) groups excluding carboxylic acids is 1. The van der Waals surface area contributed by atoms with Gasteiger partial charge in [-0.25, -0.2) is 0 Å². The summed E-state index contributed by atoms with van der Waals surface area (Å²) in [5.74, 6) is -0.388.